The van der Waals surface area contributed by atoms with Crippen molar-refractivity contribution >= 4 is 51.7 Å². The third kappa shape index (κ3) is 5.04. The third-order valence-corrected chi connectivity index (χ3v) is 8.11. The Morgan fingerprint density at radius 2 is 1.86 bits per heavy atom. The Hall–Kier alpha value is -2.97. The first-order chi connectivity index (χ1) is 16.9. The number of benzene rings is 1. The lowest BCUT2D eigenvalue weighted by Gasteiger charge is -2.27. The molecular weight excluding hydrogens is 476 g/mol. The average molecular weight is 505 g/mol. The van der Waals surface area contributed by atoms with Gasteiger partial charge in [0.1, 0.15) is 15.8 Å². The maximum absolute atomic E-state index is 13.5. The Kier molecular flexibility index (Phi) is 6.75. The topological polar surface area (TPSA) is 66.7 Å². The number of hydrogen-bond donors (Lipinski definition) is 1. The van der Waals surface area contributed by atoms with Gasteiger partial charge in [0.25, 0.3) is 11.5 Å². The number of thiocarbonyl (C=S) groups is 1. The molecule has 0 bridgehead atoms. The van der Waals surface area contributed by atoms with Crippen LogP contribution in [-0.4, -0.2) is 30.6 Å². The molecule has 6 nitrogen and oxygen atoms in total. The second kappa shape index (κ2) is 9.95. The van der Waals surface area contributed by atoms with Gasteiger partial charge in [0.15, 0.2) is 0 Å². The van der Waals surface area contributed by atoms with Crippen molar-refractivity contribution < 1.29 is 4.79 Å². The Morgan fingerprint density at radius 3 is 2.60 bits per heavy atom. The number of nitrogens with zero attached hydrogens (tertiary/aromatic N) is 3. The van der Waals surface area contributed by atoms with Crippen molar-refractivity contribution in [3.8, 4) is 0 Å². The van der Waals surface area contributed by atoms with Gasteiger partial charge in [0.2, 0.25) is 0 Å². The van der Waals surface area contributed by atoms with Crippen LogP contribution in [0.2, 0.25) is 0 Å². The summed E-state index contributed by atoms with van der Waals surface area (Å²) < 4.78 is 2.01. The van der Waals surface area contributed by atoms with Gasteiger partial charge in [0, 0.05) is 12.2 Å². The summed E-state index contributed by atoms with van der Waals surface area (Å²) in [7, 11) is 0. The van der Waals surface area contributed by atoms with Crippen LogP contribution < -0.4 is 10.9 Å². The first-order valence-electron chi connectivity index (χ1n) is 12.0. The molecule has 180 valence electrons. The van der Waals surface area contributed by atoms with Crippen LogP contribution in [0.5, 0.6) is 0 Å². The molecule has 2 aliphatic rings. The van der Waals surface area contributed by atoms with Gasteiger partial charge in [-0.15, -0.1) is 0 Å². The van der Waals surface area contributed by atoms with Crippen molar-refractivity contribution in [2.45, 2.75) is 52.1 Å². The normalized spacial score (nSPS) is 21.8. The van der Waals surface area contributed by atoms with Gasteiger partial charge in [-0.1, -0.05) is 66.8 Å². The van der Waals surface area contributed by atoms with Crippen molar-refractivity contribution in [3.63, 3.8) is 0 Å². The minimum absolute atomic E-state index is 0.185. The maximum Gasteiger partial charge on any atom is 0.267 e. The largest absolute Gasteiger partial charge is 0.367 e. The van der Waals surface area contributed by atoms with E-state index in [0.29, 0.717) is 32.8 Å². The summed E-state index contributed by atoms with van der Waals surface area (Å²) in [6.45, 7) is 4.71. The van der Waals surface area contributed by atoms with E-state index in [1.165, 1.54) is 16.2 Å². The minimum atomic E-state index is -0.203. The standard InChI is InChI=1S/C27H28N4O2S2/c1-17-6-10-19(11-7-17)16-31-26(33)22(35-27(31)34)15-21-24(28-20-12-8-18(2)9-13-20)29-23-5-3-4-14-30(23)25(21)32/h3-7,10-11,14-15,18,20,28H,8-9,12-13,16H2,1-2H3/b22-15+. The molecule has 0 atom stereocenters. The van der Waals surface area contributed by atoms with E-state index in [9.17, 15) is 9.59 Å². The molecule has 1 N–H and O–H groups in total. The molecule has 2 aromatic heterocycles. The summed E-state index contributed by atoms with van der Waals surface area (Å²) in [5, 5.41) is 3.52. The summed E-state index contributed by atoms with van der Waals surface area (Å²) in [5.41, 5.74) is 2.94. The number of amides is 1. The number of aryl methyl sites for hydroxylation is 1. The number of anilines is 1. The van der Waals surface area contributed by atoms with Gasteiger partial charge in [0.05, 0.1) is 17.0 Å². The molecule has 1 saturated carbocycles. The quantitative estimate of drug-likeness (QED) is 0.371. The van der Waals surface area contributed by atoms with Gasteiger partial charge >= 0.3 is 0 Å². The molecule has 1 amide bonds. The second-order valence-corrected chi connectivity index (χ2v) is 11.1. The maximum atomic E-state index is 13.5. The number of hydrogen-bond acceptors (Lipinski definition) is 6. The van der Waals surface area contributed by atoms with Gasteiger partial charge in [-0.25, -0.2) is 4.98 Å². The summed E-state index contributed by atoms with van der Waals surface area (Å²) in [6.07, 6.45) is 7.74. The van der Waals surface area contributed by atoms with Crippen molar-refractivity contribution in [3.05, 3.63) is 80.6 Å². The van der Waals surface area contributed by atoms with Gasteiger partial charge in [-0.2, -0.15) is 0 Å². The van der Waals surface area contributed by atoms with Crippen LogP contribution in [0, 0.1) is 12.8 Å². The number of carbonyl (C=O) groups excluding carboxylic acids is 1. The highest BCUT2D eigenvalue weighted by Crippen LogP contribution is 2.34. The van der Waals surface area contributed by atoms with Crippen LogP contribution >= 0.6 is 24.0 Å². The number of aromatic nitrogens is 2. The average Bonchev–Trinajstić information content (AvgIpc) is 3.11. The molecule has 3 heterocycles. The summed E-state index contributed by atoms with van der Waals surface area (Å²) in [4.78, 5) is 33.6. The monoisotopic (exact) mass is 504 g/mol. The van der Waals surface area contributed by atoms with E-state index in [0.717, 1.165) is 42.7 Å². The fourth-order valence-corrected chi connectivity index (χ4v) is 5.82. The van der Waals surface area contributed by atoms with E-state index in [1.807, 2.05) is 43.3 Å². The Labute approximate surface area is 214 Å². The first kappa shape index (κ1) is 23.8. The van der Waals surface area contributed by atoms with Crippen LogP contribution in [0.4, 0.5) is 5.82 Å². The molecule has 5 rings (SSSR count). The number of fused-ring (bicyclic) bond motifs is 1. The molecule has 1 aromatic carbocycles. The first-order valence-corrected chi connectivity index (χ1v) is 13.2. The van der Waals surface area contributed by atoms with E-state index in [1.54, 1.807) is 23.2 Å². The zero-order chi connectivity index (χ0) is 24.5. The summed E-state index contributed by atoms with van der Waals surface area (Å²) in [6, 6.07) is 13.8. The van der Waals surface area contributed by atoms with Crippen molar-refractivity contribution in [1.82, 2.24) is 14.3 Å². The highest BCUT2D eigenvalue weighted by Gasteiger charge is 2.33. The van der Waals surface area contributed by atoms with Gasteiger partial charge in [-0.3, -0.25) is 18.9 Å². The zero-order valence-corrected chi connectivity index (χ0v) is 21.5. The van der Waals surface area contributed by atoms with Crippen molar-refractivity contribution in [2.24, 2.45) is 5.92 Å². The predicted molar refractivity (Wildman–Crippen MR) is 146 cm³/mol. The van der Waals surface area contributed by atoms with Crippen LogP contribution in [0.3, 0.4) is 0 Å². The highest BCUT2D eigenvalue weighted by molar-refractivity contribution is 8.26. The predicted octanol–water partition coefficient (Wildman–Crippen LogP) is 5.39. The lowest BCUT2D eigenvalue weighted by molar-refractivity contribution is -0.122. The summed E-state index contributed by atoms with van der Waals surface area (Å²) >= 11 is 6.77. The van der Waals surface area contributed by atoms with E-state index >= 15 is 0 Å². The van der Waals surface area contributed by atoms with E-state index < -0.39 is 0 Å². The fourth-order valence-electron chi connectivity index (χ4n) is 4.58. The van der Waals surface area contributed by atoms with Crippen molar-refractivity contribution in [1.29, 1.82) is 0 Å². The summed E-state index contributed by atoms with van der Waals surface area (Å²) in [5.74, 6) is 1.07. The Morgan fingerprint density at radius 1 is 1.11 bits per heavy atom. The number of rotatable bonds is 5. The lowest BCUT2D eigenvalue weighted by atomic mass is 9.87. The molecule has 2 fully saturated rings. The number of pyridine rings is 1. The van der Waals surface area contributed by atoms with Gasteiger partial charge in [-0.05, 0) is 62.3 Å². The molecule has 0 radical (unpaired) electrons. The molecule has 1 aliphatic carbocycles. The molecule has 0 spiro atoms. The Balaban J connectivity index is 1.49. The van der Waals surface area contributed by atoms with E-state index in [4.69, 9.17) is 17.2 Å². The molecule has 1 saturated heterocycles. The SMILES string of the molecule is Cc1ccc(CN2C(=O)/C(=C\c3c(NC4CCC(C)CC4)nc4ccccn4c3=O)SC2=S)cc1. The van der Waals surface area contributed by atoms with Crippen LogP contribution in [0.15, 0.2) is 58.4 Å². The molecular formula is C27H28N4O2S2. The smallest absolute Gasteiger partial charge is 0.267 e. The van der Waals surface area contributed by atoms with Crippen molar-refractivity contribution in [2.75, 3.05) is 5.32 Å². The van der Waals surface area contributed by atoms with E-state index in [2.05, 4.69) is 12.2 Å². The van der Waals surface area contributed by atoms with E-state index in [-0.39, 0.29) is 17.5 Å². The van der Waals surface area contributed by atoms with Crippen LogP contribution in [0.1, 0.15) is 49.3 Å². The molecule has 1 aliphatic heterocycles. The molecule has 0 unspecified atom stereocenters. The Bertz CT molecular complexity index is 1370. The third-order valence-electron chi connectivity index (χ3n) is 6.74. The number of nitrogens with one attached hydrogen (secondary N) is 1. The van der Waals surface area contributed by atoms with Crippen LogP contribution in [0.25, 0.3) is 11.7 Å². The molecule has 35 heavy (non-hydrogen) atoms. The number of carbonyl (C=O) groups is 1. The minimum Gasteiger partial charge on any atom is -0.367 e. The highest BCUT2D eigenvalue weighted by atomic mass is 32.2. The van der Waals surface area contributed by atoms with Crippen LogP contribution in [-0.2, 0) is 11.3 Å². The zero-order valence-electron chi connectivity index (χ0n) is 19.9. The molecule has 3 aromatic rings. The second-order valence-electron chi connectivity index (χ2n) is 9.46. The lowest BCUT2D eigenvalue weighted by Crippen LogP contribution is -2.29. The number of thioether (sulfide) groups is 1. The molecule has 8 heteroatoms. The fraction of sp³-hybridized carbons (Fsp3) is 0.333. The van der Waals surface area contributed by atoms with Gasteiger partial charge < -0.3 is 5.32 Å².